The average molecular weight is 453 g/mol. The lowest BCUT2D eigenvalue weighted by Gasteiger charge is -2.20. The Morgan fingerprint density at radius 1 is 0.969 bits per heavy atom. The largest absolute Gasteiger partial charge is 0.348 e. The fraction of sp³-hybridized carbons (Fsp3) is 0.174. The van der Waals surface area contributed by atoms with Crippen molar-refractivity contribution in [2.75, 3.05) is 22.4 Å². The van der Waals surface area contributed by atoms with E-state index in [1.807, 2.05) is 6.07 Å². The summed E-state index contributed by atoms with van der Waals surface area (Å²) < 4.78 is 25.0. The number of hydrogen-bond donors (Lipinski definition) is 2. The molecule has 1 aromatic heterocycles. The summed E-state index contributed by atoms with van der Waals surface area (Å²) in [4.78, 5) is 29.4. The molecule has 32 heavy (non-hydrogen) atoms. The number of sulfonamides is 1. The lowest BCUT2D eigenvalue weighted by atomic mass is 10.1. The number of benzene rings is 2. The number of aromatic nitrogens is 1. The minimum absolute atomic E-state index is 0.284. The normalized spacial score (nSPS) is 10.9. The number of nitrogens with zero attached hydrogens (tertiary/aromatic N) is 2. The van der Waals surface area contributed by atoms with Crippen LogP contribution in [0.4, 0.5) is 11.4 Å². The van der Waals surface area contributed by atoms with Crippen molar-refractivity contribution in [3.63, 3.8) is 0 Å². The van der Waals surface area contributed by atoms with Crippen LogP contribution >= 0.6 is 0 Å². The summed E-state index contributed by atoms with van der Waals surface area (Å²) in [7, 11) is -3.41. The predicted octanol–water partition coefficient (Wildman–Crippen LogP) is 3.05. The van der Waals surface area contributed by atoms with Crippen molar-refractivity contribution >= 4 is 33.2 Å². The minimum Gasteiger partial charge on any atom is -0.348 e. The molecule has 2 N–H and O–H groups in total. The van der Waals surface area contributed by atoms with Gasteiger partial charge in [0.15, 0.2) is 0 Å². The number of anilines is 2. The van der Waals surface area contributed by atoms with E-state index in [1.54, 1.807) is 73.9 Å². The third-order valence-corrected chi connectivity index (χ3v) is 5.97. The summed E-state index contributed by atoms with van der Waals surface area (Å²) >= 11 is 0. The molecule has 2 amide bonds. The Kier molecular flexibility index (Phi) is 7.21. The lowest BCUT2D eigenvalue weighted by molar-refractivity contribution is 0.0951. The maximum Gasteiger partial charge on any atom is 0.255 e. The van der Waals surface area contributed by atoms with E-state index in [9.17, 15) is 18.0 Å². The first-order valence-electron chi connectivity index (χ1n) is 9.95. The van der Waals surface area contributed by atoms with Crippen molar-refractivity contribution < 1.29 is 18.0 Å². The molecule has 166 valence electrons. The first kappa shape index (κ1) is 23.0. The fourth-order valence-electron chi connectivity index (χ4n) is 3.15. The van der Waals surface area contributed by atoms with Crippen LogP contribution in [0.3, 0.4) is 0 Å². The number of carbonyl (C=O) groups is 2. The lowest BCUT2D eigenvalue weighted by Crippen LogP contribution is -2.29. The molecule has 9 heteroatoms. The molecule has 0 aliphatic rings. The van der Waals surface area contributed by atoms with Crippen molar-refractivity contribution in [3.05, 3.63) is 89.7 Å². The molecule has 0 unspecified atom stereocenters. The molecule has 0 atom stereocenters. The molecule has 0 aliphatic carbocycles. The second-order valence-corrected chi connectivity index (χ2v) is 8.93. The highest BCUT2D eigenvalue weighted by atomic mass is 32.2. The van der Waals surface area contributed by atoms with Crippen LogP contribution in [0.15, 0.2) is 73.1 Å². The second kappa shape index (κ2) is 10.1. The number of para-hydroxylation sites is 1. The van der Waals surface area contributed by atoms with Gasteiger partial charge >= 0.3 is 0 Å². The van der Waals surface area contributed by atoms with Crippen molar-refractivity contribution in [1.82, 2.24) is 10.3 Å². The van der Waals surface area contributed by atoms with Crippen LogP contribution in [0.1, 0.15) is 33.2 Å². The van der Waals surface area contributed by atoms with Crippen molar-refractivity contribution in [1.29, 1.82) is 0 Å². The molecule has 3 aromatic rings. The molecule has 0 bridgehead atoms. The number of pyridine rings is 1. The van der Waals surface area contributed by atoms with E-state index in [0.717, 1.165) is 11.8 Å². The van der Waals surface area contributed by atoms with Crippen LogP contribution in [0, 0.1) is 0 Å². The third kappa shape index (κ3) is 5.70. The van der Waals surface area contributed by atoms with Gasteiger partial charge in [-0.25, -0.2) is 8.42 Å². The minimum atomic E-state index is -3.41. The first-order valence-corrected chi connectivity index (χ1v) is 11.8. The van der Waals surface area contributed by atoms with E-state index in [1.165, 1.54) is 4.31 Å². The van der Waals surface area contributed by atoms with Gasteiger partial charge in [0, 0.05) is 31.0 Å². The van der Waals surface area contributed by atoms with Gasteiger partial charge in [-0.3, -0.25) is 18.9 Å². The van der Waals surface area contributed by atoms with Gasteiger partial charge in [0.2, 0.25) is 10.0 Å². The molecule has 0 aliphatic heterocycles. The maximum absolute atomic E-state index is 12.7. The molecule has 0 saturated carbocycles. The van der Waals surface area contributed by atoms with E-state index >= 15 is 0 Å². The van der Waals surface area contributed by atoms with E-state index in [0.29, 0.717) is 29.0 Å². The first-order chi connectivity index (χ1) is 15.3. The third-order valence-electron chi connectivity index (χ3n) is 4.70. The van der Waals surface area contributed by atoms with Crippen molar-refractivity contribution in [2.45, 2.75) is 13.5 Å². The molecule has 0 fully saturated rings. The molecule has 3 rings (SSSR count). The van der Waals surface area contributed by atoms with Gasteiger partial charge in [-0.15, -0.1) is 0 Å². The van der Waals surface area contributed by atoms with Crippen molar-refractivity contribution in [2.24, 2.45) is 0 Å². The smallest absolute Gasteiger partial charge is 0.255 e. The summed E-state index contributed by atoms with van der Waals surface area (Å²) in [6.07, 6.45) is 4.46. The summed E-state index contributed by atoms with van der Waals surface area (Å²) in [5.74, 6) is -0.738. The Morgan fingerprint density at radius 2 is 1.69 bits per heavy atom. The van der Waals surface area contributed by atoms with E-state index in [2.05, 4.69) is 15.6 Å². The highest BCUT2D eigenvalue weighted by molar-refractivity contribution is 7.92. The Morgan fingerprint density at radius 3 is 2.31 bits per heavy atom. The number of rotatable bonds is 8. The van der Waals surface area contributed by atoms with Gasteiger partial charge < -0.3 is 10.6 Å². The highest BCUT2D eigenvalue weighted by Gasteiger charge is 2.17. The quantitative estimate of drug-likeness (QED) is 0.546. The van der Waals surface area contributed by atoms with Crippen molar-refractivity contribution in [3.8, 4) is 0 Å². The molecule has 2 aromatic carbocycles. The molecule has 8 nitrogen and oxygen atoms in total. The van der Waals surface area contributed by atoms with Gasteiger partial charge in [0.25, 0.3) is 11.8 Å². The Labute approximate surface area is 187 Å². The average Bonchev–Trinajstić information content (AvgIpc) is 2.78. The van der Waals surface area contributed by atoms with Crippen LogP contribution in [-0.4, -0.2) is 38.0 Å². The second-order valence-electron chi connectivity index (χ2n) is 7.02. The van der Waals surface area contributed by atoms with Crippen LogP contribution in [0.25, 0.3) is 0 Å². The maximum atomic E-state index is 12.7. The zero-order chi connectivity index (χ0) is 23.1. The molecule has 1 heterocycles. The van der Waals surface area contributed by atoms with Crippen LogP contribution in [-0.2, 0) is 16.6 Å². The predicted molar refractivity (Wildman–Crippen MR) is 124 cm³/mol. The van der Waals surface area contributed by atoms with Gasteiger partial charge in [0.1, 0.15) is 0 Å². The fourth-order valence-corrected chi connectivity index (χ4v) is 4.13. The topological polar surface area (TPSA) is 108 Å². The van der Waals surface area contributed by atoms with Gasteiger partial charge in [0.05, 0.1) is 23.2 Å². The molecular weight excluding hydrogens is 428 g/mol. The standard InChI is InChI=1S/C23H24N4O4S/c1-3-27(32(2,30)31)19-12-10-18(11-13-19)22(28)26-21-9-5-4-8-20(21)23(29)25-16-17-7-6-14-24-15-17/h4-15H,3,16H2,1-2H3,(H,25,29)(H,26,28). The van der Waals surface area contributed by atoms with Crippen LogP contribution in [0.5, 0.6) is 0 Å². The summed E-state index contributed by atoms with van der Waals surface area (Å²) in [6, 6.07) is 16.6. The SMILES string of the molecule is CCN(c1ccc(C(=O)Nc2ccccc2C(=O)NCc2cccnc2)cc1)S(C)(=O)=O. The Balaban J connectivity index is 1.72. The number of hydrogen-bond acceptors (Lipinski definition) is 5. The van der Waals surface area contributed by atoms with E-state index < -0.39 is 15.9 Å². The van der Waals surface area contributed by atoms with Gasteiger partial charge in [-0.2, -0.15) is 0 Å². The number of amides is 2. The Hall–Kier alpha value is -3.72. The van der Waals surface area contributed by atoms with Crippen LogP contribution < -0.4 is 14.9 Å². The molecular formula is C23H24N4O4S. The number of nitrogens with one attached hydrogen (secondary N) is 2. The zero-order valence-corrected chi connectivity index (χ0v) is 18.6. The molecule has 0 spiro atoms. The van der Waals surface area contributed by atoms with E-state index in [-0.39, 0.29) is 12.5 Å². The summed E-state index contributed by atoms with van der Waals surface area (Å²) in [5.41, 5.74) is 2.37. The zero-order valence-electron chi connectivity index (χ0n) is 17.8. The van der Waals surface area contributed by atoms with E-state index in [4.69, 9.17) is 0 Å². The van der Waals surface area contributed by atoms with Crippen LogP contribution in [0.2, 0.25) is 0 Å². The Bertz CT molecular complexity index is 1200. The molecule has 0 saturated heterocycles. The molecule has 0 radical (unpaired) electrons. The number of carbonyl (C=O) groups excluding carboxylic acids is 2. The summed E-state index contributed by atoms with van der Waals surface area (Å²) in [6.45, 7) is 2.33. The monoisotopic (exact) mass is 452 g/mol. The van der Waals surface area contributed by atoms with Gasteiger partial charge in [-0.05, 0) is 55.0 Å². The van der Waals surface area contributed by atoms with Gasteiger partial charge in [-0.1, -0.05) is 18.2 Å². The highest BCUT2D eigenvalue weighted by Crippen LogP contribution is 2.20. The summed E-state index contributed by atoms with van der Waals surface area (Å²) in [5, 5.41) is 5.57.